The first kappa shape index (κ1) is 33.3. The normalized spacial score (nSPS) is 15.0. The molecule has 0 saturated carbocycles. The average molecular weight is 745 g/mol. The van der Waals surface area contributed by atoms with Crippen LogP contribution in [0, 0.1) is 0 Å². The highest BCUT2D eigenvalue weighted by atomic mass is 16.6. The van der Waals surface area contributed by atoms with E-state index in [-0.39, 0.29) is 23.7 Å². The molecule has 8 rings (SSSR count). The first-order valence-electron chi connectivity index (χ1n) is 15.4. The lowest BCUT2D eigenvalue weighted by atomic mass is 9.98. The number of allylic oxidation sites excluding steroid dienone is 1. The number of aliphatic hydroxyl groups excluding tert-OH is 2. The van der Waals surface area contributed by atoms with Crippen molar-refractivity contribution in [3.8, 4) is 132 Å². The molecule has 0 amide bonds. The third kappa shape index (κ3) is 5.33. The summed E-state index contributed by atoms with van der Waals surface area (Å²) in [4.78, 5) is 0. The summed E-state index contributed by atoms with van der Waals surface area (Å²) in [5, 5.41) is 127. The number of benzene rings is 5. The molecule has 1 atom stereocenters. The van der Waals surface area contributed by atoms with E-state index in [4.69, 9.17) is 28.4 Å². The molecule has 5 aromatic carbocycles. The smallest absolute Gasteiger partial charge is 0.220 e. The zero-order chi connectivity index (χ0) is 38.3. The van der Waals surface area contributed by atoms with Gasteiger partial charge < -0.3 is 89.7 Å². The van der Waals surface area contributed by atoms with E-state index in [0.717, 1.165) is 54.6 Å². The van der Waals surface area contributed by atoms with E-state index in [1.807, 2.05) is 0 Å². The minimum Gasteiger partial charge on any atom is -0.508 e. The van der Waals surface area contributed by atoms with Crippen LogP contribution in [-0.2, 0) is 0 Å². The number of hydrogen-bond donors (Lipinski definition) is 12. The molecule has 276 valence electrons. The van der Waals surface area contributed by atoms with E-state index in [2.05, 4.69) is 0 Å². The average Bonchev–Trinajstić information content (AvgIpc) is 3.08. The van der Waals surface area contributed by atoms with Gasteiger partial charge >= 0.3 is 0 Å². The van der Waals surface area contributed by atoms with E-state index in [1.54, 1.807) is 0 Å². The van der Waals surface area contributed by atoms with E-state index >= 15 is 0 Å². The van der Waals surface area contributed by atoms with Gasteiger partial charge in [0.05, 0.1) is 17.2 Å². The number of phenols is 10. The van der Waals surface area contributed by atoms with Gasteiger partial charge in [0.2, 0.25) is 46.0 Å². The van der Waals surface area contributed by atoms with Crippen LogP contribution < -0.4 is 28.4 Å². The van der Waals surface area contributed by atoms with Crippen molar-refractivity contribution in [3.05, 3.63) is 66.1 Å². The lowest BCUT2D eigenvalue weighted by Gasteiger charge is -2.29. The molecule has 0 bridgehead atoms. The van der Waals surface area contributed by atoms with Crippen molar-refractivity contribution >= 4 is 0 Å². The highest BCUT2D eigenvalue weighted by molar-refractivity contribution is 5.93. The van der Waals surface area contributed by atoms with Gasteiger partial charge in [0.1, 0.15) is 40.3 Å². The second kappa shape index (κ2) is 11.9. The second-order valence-electron chi connectivity index (χ2n) is 12.0. The number of aromatic hydroxyl groups is 10. The molecule has 0 spiro atoms. The van der Waals surface area contributed by atoms with Crippen LogP contribution >= 0.6 is 0 Å². The third-order valence-electron chi connectivity index (χ3n) is 8.17. The molecule has 5 aromatic rings. The summed E-state index contributed by atoms with van der Waals surface area (Å²) in [7, 11) is 0. The minimum absolute atomic E-state index is 0.0426. The van der Waals surface area contributed by atoms with Crippen LogP contribution in [-0.4, -0.2) is 67.4 Å². The molecule has 1 aliphatic carbocycles. The van der Waals surface area contributed by atoms with Gasteiger partial charge in [-0.3, -0.25) is 0 Å². The summed E-state index contributed by atoms with van der Waals surface area (Å²) in [6.45, 7) is 0. The molecular formula is C36H24O18. The van der Waals surface area contributed by atoms with Gasteiger partial charge in [-0.15, -0.1) is 0 Å². The summed E-state index contributed by atoms with van der Waals surface area (Å²) in [6.07, 6.45) is 1.01. The maximum absolute atomic E-state index is 11.2. The van der Waals surface area contributed by atoms with E-state index < -0.39 is 132 Å². The SMILES string of the molecule is OC1=CC(O)CC(Oc2c(O)cc(O)c3c2Oc2c(O)cc(O)c(-c4c(O)cc(O)c5c4Oc4c(O)cc(O)c(Oc6cc(O)cc(O)c6)c4O5)c2O3)=C1. The molecule has 0 radical (unpaired) electrons. The molecule has 18 nitrogen and oxygen atoms in total. The molecule has 0 saturated heterocycles. The topological polar surface area (TPSA) is 298 Å². The lowest BCUT2D eigenvalue weighted by Crippen LogP contribution is -2.13. The summed E-state index contributed by atoms with van der Waals surface area (Å²) < 4.78 is 35.0. The zero-order valence-corrected chi connectivity index (χ0v) is 26.8. The Morgan fingerprint density at radius 2 is 0.852 bits per heavy atom. The fourth-order valence-corrected chi connectivity index (χ4v) is 5.96. The van der Waals surface area contributed by atoms with E-state index in [1.165, 1.54) is 0 Å². The highest BCUT2D eigenvalue weighted by Gasteiger charge is 2.40. The molecule has 1 unspecified atom stereocenters. The number of rotatable bonds is 5. The van der Waals surface area contributed by atoms with Gasteiger partial charge in [-0.1, -0.05) is 0 Å². The molecule has 0 fully saturated rings. The van der Waals surface area contributed by atoms with Gasteiger partial charge in [-0.2, -0.15) is 0 Å². The molecule has 0 aromatic heterocycles. The summed E-state index contributed by atoms with van der Waals surface area (Å²) in [5.74, 6) is -12.8. The molecule has 54 heavy (non-hydrogen) atoms. The third-order valence-corrected chi connectivity index (χ3v) is 8.17. The number of ether oxygens (including phenoxy) is 6. The molecule has 3 aliphatic rings. The monoisotopic (exact) mass is 744 g/mol. The van der Waals surface area contributed by atoms with Gasteiger partial charge in [0.15, 0.2) is 46.0 Å². The fraction of sp³-hybridized carbons (Fsp3) is 0.0556. The van der Waals surface area contributed by atoms with Crippen LogP contribution in [0.5, 0.6) is 121 Å². The number of phenolic OH excluding ortho intramolecular Hbond substituents is 10. The van der Waals surface area contributed by atoms with Crippen molar-refractivity contribution in [2.45, 2.75) is 12.5 Å². The standard InChI is InChI=1S/C36H24O18/c37-11-1-12(38)4-15(3-11)49-29-21(45)9-23(47)31-35(29)53-27-19(43)7-17(41)25(33(27)51-31)26-18(42)8-20(44)28-34(26)52-32-24(48)10-22(46)30(36(32)54-28)50-16-5-13(39)2-14(40)6-16/h1-5,7-10,14,37-48H,6H2. The summed E-state index contributed by atoms with van der Waals surface area (Å²) >= 11 is 0. The Morgan fingerprint density at radius 3 is 1.31 bits per heavy atom. The Bertz CT molecular complexity index is 2500. The molecule has 2 heterocycles. The van der Waals surface area contributed by atoms with Gasteiger partial charge in [0.25, 0.3) is 0 Å². The van der Waals surface area contributed by atoms with Crippen LogP contribution in [0.1, 0.15) is 6.42 Å². The van der Waals surface area contributed by atoms with Gasteiger partial charge in [0, 0.05) is 55.0 Å². The van der Waals surface area contributed by atoms with E-state index in [0.29, 0.717) is 0 Å². The van der Waals surface area contributed by atoms with Crippen LogP contribution in [0.3, 0.4) is 0 Å². The zero-order valence-electron chi connectivity index (χ0n) is 26.8. The second-order valence-corrected chi connectivity index (χ2v) is 12.0. The van der Waals surface area contributed by atoms with Crippen LogP contribution in [0.2, 0.25) is 0 Å². The molecule has 18 heteroatoms. The van der Waals surface area contributed by atoms with Crippen molar-refractivity contribution in [1.29, 1.82) is 0 Å². The number of hydrogen-bond acceptors (Lipinski definition) is 18. The number of fused-ring (bicyclic) bond motifs is 4. The van der Waals surface area contributed by atoms with Crippen molar-refractivity contribution in [1.82, 2.24) is 0 Å². The van der Waals surface area contributed by atoms with Gasteiger partial charge in [-0.05, 0) is 6.08 Å². The van der Waals surface area contributed by atoms with Crippen molar-refractivity contribution in [2.24, 2.45) is 0 Å². The molecule has 12 N–H and O–H groups in total. The maximum Gasteiger partial charge on any atom is 0.220 e. The Morgan fingerprint density at radius 1 is 0.444 bits per heavy atom. The summed E-state index contributed by atoms with van der Waals surface area (Å²) in [6, 6.07) is 6.31. The predicted molar refractivity (Wildman–Crippen MR) is 178 cm³/mol. The van der Waals surface area contributed by atoms with Crippen LogP contribution in [0.15, 0.2) is 66.1 Å². The Balaban J connectivity index is 1.25. The first-order valence-corrected chi connectivity index (χ1v) is 15.4. The van der Waals surface area contributed by atoms with Crippen molar-refractivity contribution < 1.29 is 89.7 Å². The Kier molecular flexibility index (Phi) is 7.31. The quantitative estimate of drug-likeness (QED) is 0.0899. The summed E-state index contributed by atoms with van der Waals surface area (Å²) in [5.41, 5.74) is -0.997. The first-order chi connectivity index (χ1) is 25.7. The largest absolute Gasteiger partial charge is 0.508 e. The molecule has 2 aliphatic heterocycles. The minimum atomic E-state index is -1.14. The fourth-order valence-electron chi connectivity index (χ4n) is 5.96. The van der Waals surface area contributed by atoms with Crippen LogP contribution in [0.25, 0.3) is 11.1 Å². The van der Waals surface area contributed by atoms with E-state index in [9.17, 15) is 61.3 Å². The number of aliphatic hydroxyl groups is 2. The lowest BCUT2D eigenvalue weighted by molar-refractivity contribution is 0.192. The predicted octanol–water partition coefficient (Wildman–Crippen LogP) is 6.47. The highest BCUT2D eigenvalue weighted by Crippen LogP contribution is 2.67. The Hall–Kier alpha value is -7.86. The Labute approximate surface area is 300 Å². The molecular weight excluding hydrogens is 720 g/mol. The van der Waals surface area contributed by atoms with Crippen LogP contribution in [0.4, 0.5) is 0 Å². The van der Waals surface area contributed by atoms with Crippen molar-refractivity contribution in [3.63, 3.8) is 0 Å². The van der Waals surface area contributed by atoms with Crippen molar-refractivity contribution in [2.75, 3.05) is 0 Å². The maximum atomic E-state index is 11.2. The van der Waals surface area contributed by atoms with Gasteiger partial charge in [-0.25, -0.2) is 0 Å².